The van der Waals surface area contributed by atoms with Crippen LogP contribution in [0.5, 0.6) is 0 Å². The minimum absolute atomic E-state index is 0.147. The van der Waals surface area contributed by atoms with E-state index in [0.29, 0.717) is 28.7 Å². The second-order valence-electron chi connectivity index (χ2n) is 11.8. The van der Waals surface area contributed by atoms with Crippen molar-refractivity contribution in [1.29, 1.82) is 0 Å². The normalized spacial score (nSPS) is 15.1. The van der Waals surface area contributed by atoms with E-state index in [1.54, 1.807) is 37.6 Å². The zero-order valence-corrected chi connectivity index (χ0v) is 25.9. The van der Waals surface area contributed by atoms with Crippen LogP contribution in [-0.2, 0) is 20.7 Å². The predicted octanol–water partition coefficient (Wildman–Crippen LogP) is 5.16. The molecule has 3 aromatic carbocycles. The molecule has 2 N–H and O–H groups in total. The predicted molar refractivity (Wildman–Crippen MR) is 178 cm³/mol. The lowest BCUT2D eigenvalue weighted by Gasteiger charge is -2.26. The van der Waals surface area contributed by atoms with Crippen LogP contribution in [0, 0.1) is 0 Å². The zero-order valence-electron chi connectivity index (χ0n) is 25.9. The number of benzene rings is 3. The molecule has 11 nitrogen and oxygen atoms in total. The first-order valence-corrected chi connectivity index (χ1v) is 14.9. The SMILES string of the molecule is C=C/C=C\N=C(N)n1nc(CC2C(=O)N(CC(=O)OC(C)(C)C)c3ccccc3-n3c(-c4ccccc4)nnc32)c2ccccc21. The van der Waals surface area contributed by atoms with Gasteiger partial charge in [0, 0.05) is 23.6 Å². The fraction of sp³-hybridized carbons (Fsp3) is 0.200. The number of allylic oxidation sites excluding steroid dienone is 2. The highest BCUT2D eigenvalue weighted by atomic mass is 16.6. The number of amides is 1. The second-order valence-corrected chi connectivity index (χ2v) is 11.8. The Balaban J connectivity index is 1.52. The van der Waals surface area contributed by atoms with E-state index < -0.39 is 17.5 Å². The number of carbonyl (C=O) groups excluding carboxylic acids is 2. The third-order valence-corrected chi connectivity index (χ3v) is 7.42. The molecule has 232 valence electrons. The summed E-state index contributed by atoms with van der Waals surface area (Å²) in [4.78, 5) is 33.7. The number of aliphatic imine (C=N–C) groups is 1. The minimum atomic E-state index is -0.870. The van der Waals surface area contributed by atoms with E-state index in [4.69, 9.17) is 15.6 Å². The smallest absolute Gasteiger partial charge is 0.326 e. The number of rotatable bonds is 7. The zero-order chi connectivity index (χ0) is 32.4. The maximum atomic E-state index is 14.7. The number of ether oxygens (including phenoxy) is 1. The number of hydrogen-bond donors (Lipinski definition) is 1. The van der Waals surface area contributed by atoms with Gasteiger partial charge in [0.25, 0.3) is 0 Å². The highest BCUT2D eigenvalue weighted by molar-refractivity contribution is 6.04. The van der Waals surface area contributed by atoms with Crippen molar-refractivity contribution < 1.29 is 14.3 Å². The van der Waals surface area contributed by atoms with Gasteiger partial charge in [0.1, 0.15) is 18.1 Å². The van der Waals surface area contributed by atoms with Crippen molar-refractivity contribution in [1.82, 2.24) is 24.5 Å². The molecule has 0 saturated heterocycles. The molecule has 1 amide bonds. The Morgan fingerprint density at radius 3 is 2.43 bits per heavy atom. The molecule has 0 spiro atoms. The molecule has 3 heterocycles. The van der Waals surface area contributed by atoms with Gasteiger partial charge in [0.2, 0.25) is 11.9 Å². The lowest BCUT2D eigenvalue weighted by atomic mass is 9.98. The maximum absolute atomic E-state index is 14.7. The van der Waals surface area contributed by atoms with Crippen LogP contribution in [0.4, 0.5) is 5.69 Å². The van der Waals surface area contributed by atoms with Crippen molar-refractivity contribution in [2.75, 3.05) is 11.4 Å². The van der Waals surface area contributed by atoms with Crippen LogP contribution in [0.1, 0.15) is 38.2 Å². The van der Waals surface area contributed by atoms with Gasteiger partial charge in [-0.25, -0.2) is 4.99 Å². The number of nitrogens with zero attached hydrogens (tertiary/aromatic N) is 7. The number of aromatic nitrogens is 5. The summed E-state index contributed by atoms with van der Waals surface area (Å²) in [5.41, 5.74) is 8.99. The largest absolute Gasteiger partial charge is 0.459 e. The standard InChI is InChI=1S/C35H34N8O3/c1-5-6-20-37-34(36)43-27-17-11-10-16-24(27)26(40-43)21-25-32-39-38-31(23-14-8-7-9-15-23)42(32)29-19-13-12-18-28(29)41(33(25)45)22-30(44)46-35(2,3)4/h5-20,25H,1,21-22H2,2-4H3,(H2,36,37)/b20-6-. The number of hydrogen-bond acceptors (Lipinski definition) is 7. The van der Waals surface area contributed by atoms with E-state index in [9.17, 15) is 9.59 Å². The van der Waals surface area contributed by atoms with Crippen molar-refractivity contribution in [3.8, 4) is 17.1 Å². The summed E-state index contributed by atoms with van der Waals surface area (Å²) in [6, 6.07) is 24.7. The molecule has 2 aromatic heterocycles. The van der Waals surface area contributed by atoms with Crippen molar-refractivity contribution in [2.24, 2.45) is 10.7 Å². The highest BCUT2D eigenvalue weighted by Gasteiger charge is 2.39. The van der Waals surface area contributed by atoms with Gasteiger partial charge in [0.15, 0.2) is 11.6 Å². The molecule has 6 rings (SSSR count). The van der Waals surface area contributed by atoms with Gasteiger partial charge < -0.3 is 10.5 Å². The third-order valence-electron chi connectivity index (χ3n) is 7.42. The number of para-hydroxylation sites is 3. The molecule has 11 heteroatoms. The summed E-state index contributed by atoms with van der Waals surface area (Å²) in [6.07, 6.45) is 4.94. The van der Waals surface area contributed by atoms with Crippen molar-refractivity contribution in [3.05, 3.63) is 115 Å². The quantitative estimate of drug-likeness (QED) is 0.116. The first-order valence-electron chi connectivity index (χ1n) is 14.9. The van der Waals surface area contributed by atoms with Gasteiger partial charge >= 0.3 is 5.97 Å². The van der Waals surface area contributed by atoms with Gasteiger partial charge in [0.05, 0.1) is 22.6 Å². The summed E-state index contributed by atoms with van der Waals surface area (Å²) in [7, 11) is 0. The average molecular weight is 615 g/mol. The van der Waals surface area contributed by atoms with Crippen LogP contribution in [-0.4, -0.2) is 54.5 Å². The lowest BCUT2D eigenvalue weighted by Crippen LogP contribution is -2.41. The Morgan fingerprint density at radius 2 is 1.70 bits per heavy atom. The van der Waals surface area contributed by atoms with E-state index in [1.165, 1.54) is 11.1 Å². The summed E-state index contributed by atoms with van der Waals surface area (Å²) < 4.78 is 9.10. The number of anilines is 1. The van der Waals surface area contributed by atoms with E-state index in [1.807, 2.05) is 83.4 Å². The van der Waals surface area contributed by atoms with Gasteiger partial charge in [-0.05, 0) is 45.0 Å². The van der Waals surface area contributed by atoms with Crippen LogP contribution < -0.4 is 10.6 Å². The van der Waals surface area contributed by atoms with Crippen LogP contribution >= 0.6 is 0 Å². The number of nitrogens with two attached hydrogens (primary N) is 1. The van der Waals surface area contributed by atoms with Gasteiger partial charge in [-0.15, -0.1) is 10.2 Å². The summed E-state index contributed by atoms with van der Waals surface area (Å²) in [5, 5.41) is 14.8. The third kappa shape index (κ3) is 5.82. The molecule has 5 aromatic rings. The molecule has 1 aliphatic rings. The minimum Gasteiger partial charge on any atom is -0.459 e. The lowest BCUT2D eigenvalue weighted by molar-refractivity contribution is -0.153. The number of carbonyl (C=O) groups is 2. The molecule has 0 saturated carbocycles. The average Bonchev–Trinajstić information content (AvgIpc) is 3.62. The Hall–Kier alpha value is -5.84. The first kappa shape index (κ1) is 30.2. The molecule has 0 radical (unpaired) electrons. The van der Waals surface area contributed by atoms with Crippen LogP contribution in [0.3, 0.4) is 0 Å². The van der Waals surface area contributed by atoms with Crippen molar-refractivity contribution in [3.63, 3.8) is 0 Å². The van der Waals surface area contributed by atoms with E-state index >= 15 is 0 Å². The number of esters is 1. The van der Waals surface area contributed by atoms with Crippen LogP contribution in [0.2, 0.25) is 0 Å². The summed E-state index contributed by atoms with van der Waals surface area (Å²) in [6.45, 7) is 8.76. The van der Waals surface area contributed by atoms with Gasteiger partial charge in [-0.2, -0.15) is 9.78 Å². The molecule has 1 aliphatic heterocycles. The molecule has 46 heavy (non-hydrogen) atoms. The summed E-state index contributed by atoms with van der Waals surface area (Å²) in [5.74, 6) is -0.579. The van der Waals surface area contributed by atoms with E-state index in [2.05, 4.69) is 21.8 Å². The molecule has 0 aliphatic carbocycles. The molecule has 0 fully saturated rings. The molecule has 0 bridgehead atoms. The van der Waals surface area contributed by atoms with Crippen molar-refractivity contribution in [2.45, 2.75) is 38.7 Å². The topological polar surface area (TPSA) is 134 Å². The fourth-order valence-corrected chi connectivity index (χ4v) is 5.56. The fourth-order valence-electron chi connectivity index (χ4n) is 5.56. The van der Waals surface area contributed by atoms with Gasteiger partial charge in [-0.3, -0.25) is 19.1 Å². The molecule has 1 unspecified atom stereocenters. The Kier molecular flexibility index (Phi) is 8.06. The maximum Gasteiger partial charge on any atom is 0.326 e. The first-order chi connectivity index (χ1) is 22.2. The van der Waals surface area contributed by atoms with Crippen LogP contribution in [0.15, 0.2) is 109 Å². The number of fused-ring (bicyclic) bond motifs is 4. The Labute approximate surface area is 266 Å². The summed E-state index contributed by atoms with van der Waals surface area (Å²) >= 11 is 0. The highest BCUT2D eigenvalue weighted by Crippen LogP contribution is 2.39. The monoisotopic (exact) mass is 614 g/mol. The van der Waals surface area contributed by atoms with Crippen LogP contribution in [0.25, 0.3) is 28.0 Å². The van der Waals surface area contributed by atoms with Crippen molar-refractivity contribution >= 4 is 34.4 Å². The second kappa shape index (κ2) is 12.3. The molecule has 1 atom stereocenters. The Bertz CT molecular complexity index is 2000. The van der Waals surface area contributed by atoms with Gasteiger partial charge in [-0.1, -0.05) is 73.3 Å². The van der Waals surface area contributed by atoms with E-state index in [0.717, 1.165) is 16.5 Å². The molecular weight excluding hydrogens is 580 g/mol. The van der Waals surface area contributed by atoms with E-state index in [-0.39, 0.29) is 24.8 Å². The Morgan fingerprint density at radius 1 is 1.00 bits per heavy atom. The molecular formula is C35H34N8O3.